The monoisotopic (exact) mass is 456 g/mol. The van der Waals surface area contributed by atoms with Crippen molar-refractivity contribution in [3.8, 4) is 33.6 Å². The van der Waals surface area contributed by atoms with Crippen molar-refractivity contribution in [2.45, 2.75) is 39.7 Å². The molecule has 9 heteroatoms. The van der Waals surface area contributed by atoms with E-state index in [2.05, 4.69) is 28.6 Å². The number of methoxy groups -OCH3 is 2. The maximum Gasteiger partial charge on any atom is 0.257 e. The minimum absolute atomic E-state index is 0.0941. The highest BCUT2D eigenvalue weighted by molar-refractivity contribution is 7.14. The van der Waals surface area contributed by atoms with Crippen LogP contribution in [0, 0.1) is 12.8 Å². The Morgan fingerprint density at radius 2 is 2.03 bits per heavy atom. The standard InChI is InChI=1S/C23H28N4O4S/c1-13(2)17-9-15-10-20(31-8-6-7-29-4)22(30-5)24-21(15)18-11-19(28)16(12-27(17)18)23-26-25-14(3)32-23/h10-13,17H,6-9H2,1-5H3/t17-/m0/s1. The molecule has 0 fully saturated rings. The molecule has 0 radical (unpaired) electrons. The van der Waals surface area contributed by atoms with Crippen LogP contribution in [-0.4, -0.2) is 47.2 Å². The molecular weight excluding hydrogens is 428 g/mol. The average molecular weight is 457 g/mol. The van der Waals surface area contributed by atoms with Crippen molar-refractivity contribution in [2.24, 2.45) is 5.92 Å². The van der Waals surface area contributed by atoms with Gasteiger partial charge in [-0.25, -0.2) is 4.98 Å². The van der Waals surface area contributed by atoms with Gasteiger partial charge in [0.1, 0.15) is 5.01 Å². The highest BCUT2D eigenvalue weighted by atomic mass is 32.1. The van der Waals surface area contributed by atoms with Gasteiger partial charge in [-0.05, 0) is 30.9 Å². The van der Waals surface area contributed by atoms with Crippen LogP contribution >= 0.6 is 11.3 Å². The lowest BCUT2D eigenvalue weighted by atomic mass is 9.89. The molecule has 0 bridgehead atoms. The molecule has 170 valence electrons. The van der Waals surface area contributed by atoms with Crippen molar-refractivity contribution in [2.75, 3.05) is 27.4 Å². The molecule has 8 nitrogen and oxygen atoms in total. The Balaban J connectivity index is 1.81. The summed E-state index contributed by atoms with van der Waals surface area (Å²) >= 11 is 1.42. The number of rotatable bonds is 8. The molecule has 3 aromatic rings. The lowest BCUT2D eigenvalue weighted by molar-refractivity contribution is 0.170. The molecule has 0 unspecified atom stereocenters. The normalized spacial score (nSPS) is 14.9. The molecule has 4 rings (SSSR count). The van der Waals surface area contributed by atoms with Crippen molar-refractivity contribution >= 4 is 11.3 Å². The summed E-state index contributed by atoms with van der Waals surface area (Å²) in [4.78, 5) is 17.8. The summed E-state index contributed by atoms with van der Waals surface area (Å²) in [6.07, 6.45) is 3.47. The highest BCUT2D eigenvalue weighted by Gasteiger charge is 2.30. The lowest BCUT2D eigenvalue weighted by Crippen LogP contribution is -2.27. The molecule has 0 N–H and O–H groups in total. The van der Waals surface area contributed by atoms with Crippen LogP contribution in [0.3, 0.4) is 0 Å². The average Bonchev–Trinajstić information content (AvgIpc) is 3.21. The molecule has 1 atom stereocenters. The van der Waals surface area contributed by atoms with Gasteiger partial charge in [-0.2, -0.15) is 0 Å². The highest BCUT2D eigenvalue weighted by Crippen LogP contribution is 2.41. The molecule has 1 aliphatic rings. The fourth-order valence-electron chi connectivity index (χ4n) is 3.99. The van der Waals surface area contributed by atoms with Crippen LogP contribution in [0.5, 0.6) is 11.6 Å². The van der Waals surface area contributed by atoms with Crippen LogP contribution in [0.25, 0.3) is 22.0 Å². The maximum atomic E-state index is 13.0. The number of hydrogen-bond donors (Lipinski definition) is 0. The van der Waals surface area contributed by atoms with E-state index in [9.17, 15) is 4.79 Å². The molecule has 32 heavy (non-hydrogen) atoms. The summed E-state index contributed by atoms with van der Waals surface area (Å²) in [5, 5.41) is 9.73. The van der Waals surface area contributed by atoms with Crippen LogP contribution in [0.2, 0.25) is 0 Å². The van der Waals surface area contributed by atoms with E-state index in [1.165, 1.54) is 11.3 Å². The van der Waals surface area contributed by atoms with E-state index in [1.54, 1.807) is 20.3 Å². The third-order valence-corrected chi connectivity index (χ3v) is 6.48. The van der Waals surface area contributed by atoms with E-state index in [4.69, 9.17) is 19.2 Å². The van der Waals surface area contributed by atoms with Crippen LogP contribution in [0.4, 0.5) is 0 Å². The lowest BCUT2D eigenvalue weighted by Gasteiger charge is -2.33. The Morgan fingerprint density at radius 1 is 1.22 bits per heavy atom. The Morgan fingerprint density at radius 3 is 2.69 bits per heavy atom. The molecule has 0 amide bonds. The fourth-order valence-corrected chi connectivity index (χ4v) is 4.70. The largest absolute Gasteiger partial charge is 0.488 e. The Kier molecular flexibility index (Phi) is 6.57. The van der Waals surface area contributed by atoms with Gasteiger partial charge in [-0.15, -0.1) is 10.2 Å². The third kappa shape index (κ3) is 4.27. The van der Waals surface area contributed by atoms with Crippen LogP contribution in [0.15, 0.2) is 23.1 Å². The molecule has 0 aliphatic carbocycles. The number of ether oxygens (including phenoxy) is 3. The molecule has 1 aliphatic heterocycles. The van der Waals surface area contributed by atoms with Crippen LogP contribution in [-0.2, 0) is 11.2 Å². The molecule has 0 saturated carbocycles. The first-order chi connectivity index (χ1) is 15.4. The topological polar surface area (TPSA) is 88.4 Å². The minimum atomic E-state index is -0.0941. The second kappa shape index (κ2) is 9.38. The molecule has 0 aromatic carbocycles. The number of aryl methyl sites for hydroxylation is 1. The van der Waals surface area contributed by atoms with E-state index in [1.807, 2.05) is 19.2 Å². The van der Waals surface area contributed by atoms with Gasteiger partial charge in [0.05, 0.1) is 30.7 Å². The zero-order valence-corrected chi connectivity index (χ0v) is 19.9. The number of nitrogens with zero attached hydrogens (tertiary/aromatic N) is 4. The Labute approximate surface area is 191 Å². The van der Waals surface area contributed by atoms with Gasteiger partial charge in [-0.1, -0.05) is 25.2 Å². The van der Waals surface area contributed by atoms with E-state index < -0.39 is 0 Å². The summed E-state index contributed by atoms with van der Waals surface area (Å²) in [5.74, 6) is 1.37. The SMILES string of the molecule is COCCCOc1cc2c(nc1OC)-c1cc(=O)c(-c3nnc(C)s3)cn1[C@H](C(C)C)C2. The summed E-state index contributed by atoms with van der Waals surface area (Å²) in [6.45, 7) is 7.40. The van der Waals surface area contributed by atoms with Crippen molar-refractivity contribution in [3.05, 3.63) is 39.1 Å². The predicted octanol–water partition coefficient (Wildman–Crippen LogP) is 3.91. The van der Waals surface area contributed by atoms with Crippen molar-refractivity contribution < 1.29 is 14.2 Å². The quantitative estimate of drug-likeness (QED) is 0.475. The number of pyridine rings is 2. The van der Waals surface area contributed by atoms with E-state index in [-0.39, 0.29) is 11.5 Å². The zero-order chi connectivity index (χ0) is 22.8. The van der Waals surface area contributed by atoms with Gasteiger partial charge in [-0.3, -0.25) is 4.79 Å². The van der Waals surface area contributed by atoms with Gasteiger partial charge in [0.2, 0.25) is 0 Å². The molecule has 3 aromatic heterocycles. The summed E-state index contributed by atoms with van der Waals surface area (Å²) in [7, 11) is 3.24. The summed E-state index contributed by atoms with van der Waals surface area (Å²) in [6, 6.07) is 3.83. The van der Waals surface area contributed by atoms with Crippen molar-refractivity contribution in [1.29, 1.82) is 0 Å². The number of aromatic nitrogens is 4. The minimum Gasteiger partial charge on any atom is -0.488 e. The van der Waals surface area contributed by atoms with E-state index >= 15 is 0 Å². The van der Waals surface area contributed by atoms with E-state index in [0.717, 1.165) is 34.8 Å². The van der Waals surface area contributed by atoms with Gasteiger partial charge in [0.25, 0.3) is 5.88 Å². The van der Waals surface area contributed by atoms with Crippen molar-refractivity contribution in [1.82, 2.24) is 19.7 Å². The van der Waals surface area contributed by atoms with Gasteiger partial charge < -0.3 is 18.8 Å². The Hall–Kier alpha value is -2.78. The van der Waals surface area contributed by atoms with Crippen LogP contribution in [0.1, 0.15) is 36.9 Å². The second-order valence-electron chi connectivity index (χ2n) is 8.18. The fraction of sp³-hybridized carbons (Fsp3) is 0.478. The number of fused-ring (bicyclic) bond motifs is 3. The first-order valence-corrected chi connectivity index (χ1v) is 11.5. The van der Waals surface area contributed by atoms with E-state index in [0.29, 0.717) is 41.3 Å². The van der Waals surface area contributed by atoms with Gasteiger partial charge >= 0.3 is 0 Å². The second-order valence-corrected chi connectivity index (χ2v) is 9.37. The smallest absolute Gasteiger partial charge is 0.257 e. The maximum absolute atomic E-state index is 13.0. The van der Waals surface area contributed by atoms with Crippen LogP contribution < -0.4 is 14.9 Å². The summed E-state index contributed by atoms with van der Waals surface area (Å²) < 4.78 is 18.7. The molecule has 0 saturated heterocycles. The van der Waals surface area contributed by atoms with Gasteiger partial charge in [0, 0.05) is 38.4 Å². The predicted molar refractivity (Wildman–Crippen MR) is 124 cm³/mol. The first-order valence-electron chi connectivity index (χ1n) is 10.7. The van der Waals surface area contributed by atoms with Crippen molar-refractivity contribution in [3.63, 3.8) is 0 Å². The molecular formula is C23H28N4O4S. The number of hydrogen-bond acceptors (Lipinski definition) is 8. The van der Waals surface area contributed by atoms with Gasteiger partial charge in [0.15, 0.2) is 16.2 Å². The zero-order valence-electron chi connectivity index (χ0n) is 19.0. The molecule has 0 spiro atoms. The Bertz CT molecular complexity index is 1170. The third-order valence-electron chi connectivity index (χ3n) is 5.61. The summed E-state index contributed by atoms with van der Waals surface area (Å²) in [5.41, 5.74) is 3.05. The molecule has 4 heterocycles. The first kappa shape index (κ1) is 22.4.